The van der Waals surface area contributed by atoms with Crippen molar-refractivity contribution in [1.82, 2.24) is 15.3 Å². The van der Waals surface area contributed by atoms with Crippen LogP contribution in [0.15, 0.2) is 25.2 Å². The van der Waals surface area contributed by atoms with E-state index in [1.54, 1.807) is 20.0 Å². The van der Waals surface area contributed by atoms with Crippen LogP contribution < -0.4 is 5.32 Å². The predicted octanol–water partition coefficient (Wildman–Crippen LogP) is 1.20. The largest absolute Gasteiger partial charge is 0.348 e. The fourth-order valence-electron chi connectivity index (χ4n) is 1.93. The van der Waals surface area contributed by atoms with Gasteiger partial charge in [-0.2, -0.15) is 0 Å². The van der Waals surface area contributed by atoms with E-state index in [1.165, 1.54) is 13.3 Å². The van der Waals surface area contributed by atoms with Gasteiger partial charge in [-0.05, 0) is 33.3 Å². The van der Waals surface area contributed by atoms with Crippen molar-refractivity contribution < 1.29 is 14.4 Å². The second-order valence-corrected chi connectivity index (χ2v) is 5.53. The van der Waals surface area contributed by atoms with Gasteiger partial charge in [0.1, 0.15) is 5.78 Å². The predicted molar refractivity (Wildman–Crippen MR) is 78.5 cm³/mol. The number of carbonyl (C=O) groups excluding carboxylic acids is 3. The van der Waals surface area contributed by atoms with Gasteiger partial charge in [-0.1, -0.05) is 6.58 Å². The van der Waals surface area contributed by atoms with Gasteiger partial charge in [0.05, 0.1) is 11.9 Å². The number of nitrogens with one attached hydrogen (secondary N) is 2. The van der Waals surface area contributed by atoms with Crippen LogP contribution in [-0.4, -0.2) is 33.0 Å². The Balaban J connectivity index is 2.74. The summed E-state index contributed by atoms with van der Waals surface area (Å²) >= 11 is 0. The summed E-state index contributed by atoms with van der Waals surface area (Å²) in [6.07, 6.45) is 4.76. The maximum Gasteiger partial charge on any atom is 0.244 e. The van der Waals surface area contributed by atoms with E-state index in [0.717, 1.165) is 11.8 Å². The van der Waals surface area contributed by atoms with E-state index >= 15 is 0 Å². The molecule has 1 aromatic rings. The second kappa shape index (κ2) is 6.97. The Labute approximate surface area is 124 Å². The number of ketones is 2. The number of carbonyl (C=O) groups is 3. The Bertz CT molecular complexity index is 532. The third kappa shape index (κ3) is 4.98. The number of Topliss-reactive ketones (excluding diaryl/α,β-unsaturated/α-hetero) is 2. The van der Waals surface area contributed by atoms with Crippen LogP contribution >= 0.6 is 0 Å². The monoisotopic (exact) mass is 291 g/mol. The van der Waals surface area contributed by atoms with E-state index in [1.807, 2.05) is 0 Å². The Morgan fingerprint density at radius 1 is 1.48 bits per heavy atom. The summed E-state index contributed by atoms with van der Waals surface area (Å²) in [5.74, 6) is -1.11. The van der Waals surface area contributed by atoms with Crippen molar-refractivity contribution in [3.05, 3.63) is 30.9 Å². The molecule has 0 bridgehead atoms. The summed E-state index contributed by atoms with van der Waals surface area (Å²) in [7, 11) is 0. The van der Waals surface area contributed by atoms with Crippen LogP contribution in [0.2, 0.25) is 0 Å². The normalized spacial score (nSPS) is 12.5. The Hall–Kier alpha value is -2.24. The van der Waals surface area contributed by atoms with Crippen molar-refractivity contribution in [2.75, 3.05) is 0 Å². The summed E-state index contributed by atoms with van der Waals surface area (Å²) in [6.45, 7) is 8.05. The number of rotatable bonds is 8. The minimum atomic E-state index is -1.03. The highest BCUT2D eigenvalue weighted by Crippen LogP contribution is 2.17. The van der Waals surface area contributed by atoms with Crippen LogP contribution in [0.3, 0.4) is 0 Å². The van der Waals surface area contributed by atoms with E-state index in [0.29, 0.717) is 6.42 Å². The molecule has 0 aliphatic carbocycles. The minimum Gasteiger partial charge on any atom is -0.348 e. The first kappa shape index (κ1) is 16.8. The first-order valence-electron chi connectivity index (χ1n) is 6.72. The van der Waals surface area contributed by atoms with Gasteiger partial charge in [-0.3, -0.25) is 14.4 Å². The smallest absolute Gasteiger partial charge is 0.244 e. The molecule has 1 aromatic heterocycles. The Morgan fingerprint density at radius 3 is 2.62 bits per heavy atom. The second-order valence-electron chi connectivity index (χ2n) is 5.53. The number of H-pyrrole nitrogens is 1. The summed E-state index contributed by atoms with van der Waals surface area (Å²) in [5.41, 5.74) is -0.233. The van der Waals surface area contributed by atoms with E-state index in [9.17, 15) is 14.4 Å². The molecule has 0 aliphatic rings. The van der Waals surface area contributed by atoms with Crippen molar-refractivity contribution in [1.29, 1.82) is 0 Å². The van der Waals surface area contributed by atoms with Crippen molar-refractivity contribution in [3.63, 3.8) is 0 Å². The van der Waals surface area contributed by atoms with Crippen molar-refractivity contribution >= 4 is 17.5 Å². The van der Waals surface area contributed by atoms with Crippen LogP contribution in [0.1, 0.15) is 32.9 Å². The van der Waals surface area contributed by atoms with Gasteiger partial charge in [0.15, 0.2) is 5.78 Å². The first-order chi connectivity index (χ1) is 9.76. The van der Waals surface area contributed by atoms with Crippen LogP contribution in [0.5, 0.6) is 0 Å². The van der Waals surface area contributed by atoms with Gasteiger partial charge in [0.25, 0.3) is 0 Å². The lowest BCUT2D eigenvalue weighted by atomic mass is 9.86. The van der Waals surface area contributed by atoms with Crippen molar-refractivity contribution in [2.24, 2.45) is 5.92 Å². The molecule has 2 N–H and O–H groups in total. The van der Waals surface area contributed by atoms with Crippen LogP contribution in [0, 0.1) is 5.92 Å². The lowest BCUT2D eigenvalue weighted by molar-refractivity contribution is -0.132. The molecular weight excluding hydrogens is 270 g/mol. The lowest BCUT2D eigenvalue weighted by Gasteiger charge is -2.25. The van der Waals surface area contributed by atoms with E-state index in [2.05, 4.69) is 21.9 Å². The molecule has 0 aliphatic heterocycles. The zero-order valence-electron chi connectivity index (χ0n) is 12.6. The number of aromatic amines is 1. The van der Waals surface area contributed by atoms with Gasteiger partial charge >= 0.3 is 0 Å². The van der Waals surface area contributed by atoms with E-state index < -0.39 is 17.4 Å². The van der Waals surface area contributed by atoms with Crippen molar-refractivity contribution in [3.8, 4) is 0 Å². The van der Waals surface area contributed by atoms with Gasteiger partial charge < -0.3 is 10.3 Å². The highest BCUT2D eigenvalue weighted by molar-refractivity contribution is 5.97. The van der Waals surface area contributed by atoms with E-state index in [-0.39, 0.29) is 18.0 Å². The zero-order valence-corrected chi connectivity index (χ0v) is 12.6. The molecule has 6 heteroatoms. The molecule has 114 valence electrons. The number of amides is 1. The standard InChI is InChI=1S/C15H21N3O3/c1-5-14(21)18-15(3,4)13(20)7-11(10(2)19)6-12-8-16-9-17-12/h5,8-9,11H,1,6-7H2,2-4H3,(H,16,17)(H,18,21). The summed E-state index contributed by atoms with van der Waals surface area (Å²) < 4.78 is 0. The number of nitrogens with zero attached hydrogens (tertiary/aromatic N) is 1. The molecule has 1 rings (SSSR count). The third-order valence-corrected chi connectivity index (χ3v) is 3.35. The van der Waals surface area contributed by atoms with E-state index in [4.69, 9.17) is 0 Å². The van der Waals surface area contributed by atoms with Crippen molar-refractivity contribution in [2.45, 2.75) is 39.2 Å². The average Bonchev–Trinajstić information content (AvgIpc) is 2.89. The van der Waals surface area contributed by atoms with Gasteiger partial charge in [-0.25, -0.2) is 4.98 Å². The SMILES string of the molecule is C=CC(=O)NC(C)(C)C(=O)CC(Cc1cnc[nH]1)C(C)=O. The van der Waals surface area contributed by atoms with Crippen LogP contribution in [0.4, 0.5) is 0 Å². The quantitative estimate of drug-likeness (QED) is 0.704. The highest BCUT2D eigenvalue weighted by atomic mass is 16.2. The first-order valence-corrected chi connectivity index (χ1v) is 6.72. The fraction of sp³-hybridized carbons (Fsp3) is 0.467. The average molecular weight is 291 g/mol. The molecule has 0 aromatic carbocycles. The molecule has 21 heavy (non-hydrogen) atoms. The fourth-order valence-corrected chi connectivity index (χ4v) is 1.93. The molecule has 6 nitrogen and oxygen atoms in total. The van der Waals surface area contributed by atoms with Gasteiger partial charge in [0, 0.05) is 24.2 Å². The van der Waals surface area contributed by atoms with Crippen LogP contribution in [-0.2, 0) is 20.8 Å². The van der Waals surface area contributed by atoms with Gasteiger partial charge in [0.2, 0.25) is 5.91 Å². The molecule has 1 heterocycles. The molecular formula is C15H21N3O3. The third-order valence-electron chi connectivity index (χ3n) is 3.35. The Morgan fingerprint density at radius 2 is 2.14 bits per heavy atom. The number of imidazole rings is 1. The maximum atomic E-state index is 12.3. The minimum absolute atomic E-state index is 0.0659. The summed E-state index contributed by atoms with van der Waals surface area (Å²) in [6, 6.07) is 0. The molecule has 0 saturated heterocycles. The number of hydrogen-bond donors (Lipinski definition) is 2. The molecule has 0 saturated carbocycles. The van der Waals surface area contributed by atoms with Gasteiger partial charge in [-0.15, -0.1) is 0 Å². The molecule has 0 fully saturated rings. The molecule has 1 amide bonds. The molecule has 1 atom stereocenters. The number of hydrogen-bond acceptors (Lipinski definition) is 4. The summed E-state index contributed by atoms with van der Waals surface area (Å²) in [4.78, 5) is 42.2. The summed E-state index contributed by atoms with van der Waals surface area (Å²) in [5, 5.41) is 2.57. The highest BCUT2D eigenvalue weighted by Gasteiger charge is 2.31. The Kier molecular flexibility index (Phi) is 5.58. The molecule has 1 unspecified atom stereocenters. The lowest BCUT2D eigenvalue weighted by Crippen LogP contribution is -2.50. The molecule has 0 spiro atoms. The zero-order chi connectivity index (χ0) is 16.0. The van der Waals surface area contributed by atoms with Crippen LogP contribution in [0.25, 0.3) is 0 Å². The number of aromatic nitrogens is 2. The topological polar surface area (TPSA) is 91.9 Å². The molecule has 0 radical (unpaired) electrons. The maximum absolute atomic E-state index is 12.3.